The van der Waals surface area contributed by atoms with Crippen molar-refractivity contribution in [1.29, 1.82) is 0 Å². The number of ether oxygens (including phenoxy) is 3. The monoisotopic (exact) mass is 879 g/mol. The molecule has 0 heterocycles. The zero-order valence-corrected chi connectivity index (χ0v) is 40.2. The summed E-state index contributed by atoms with van der Waals surface area (Å²) in [5.74, 6) is -1.09. The Morgan fingerprint density at radius 3 is 1.03 bits per heavy atom. The molecule has 1 atom stereocenters. The zero-order chi connectivity index (χ0) is 46.5. The zero-order valence-electron chi connectivity index (χ0n) is 40.2. The van der Waals surface area contributed by atoms with Crippen molar-refractivity contribution in [3.63, 3.8) is 0 Å². The number of rotatable bonds is 41. The van der Waals surface area contributed by atoms with Gasteiger partial charge >= 0.3 is 17.9 Å². The SMILES string of the molecule is CC\C=C/C=C\C=C/C=C\C=C/CCCCCC(=O)OC(COC(=O)CCC\C=C/C=C\C=C/C=C\C=C/CC)COC(=O)CCCCCCC\C=C/C=C\C=C/CCCCCCC. The van der Waals surface area contributed by atoms with Crippen molar-refractivity contribution in [3.05, 3.63) is 158 Å². The van der Waals surface area contributed by atoms with E-state index in [-0.39, 0.29) is 44.0 Å². The minimum atomic E-state index is -0.845. The lowest BCUT2D eigenvalue weighted by atomic mass is 10.1. The van der Waals surface area contributed by atoms with E-state index < -0.39 is 6.10 Å². The van der Waals surface area contributed by atoms with Crippen LogP contribution >= 0.6 is 0 Å². The quantitative estimate of drug-likeness (QED) is 0.0263. The van der Waals surface area contributed by atoms with E-state index in [0.29, 0.717) is 19.3 Å². The van der Waals surface area contributed by atoms with E-state index in [2.05, 4.69) is 75.5 Å². The highest BCUT2D eigenvalue weighted by Gasteiger charge is 2.19. The molecule has 0 bridgehead atoms. The smallest absolute Gasteiger partial charge is 0.306 e. The number of allylic oxidation sites excluding steroid dienone is 26. The molecule has 0 radical (unpaired) electrons. The normalized spacial score (nSPS) is 13.5. The molecule has 0 aliphatic heterocycles. The van der Waals surface area contributed by atoms with Gasteiger partial charge in [-0.1, -0.05) is 230 Å². The van der Waals surface area contributed by atoms with E-state index in [1.807, 2.05) is 103 Å². The van der Waals surface area contributed by atoms with Crippen molar-refractivity contribution < 1.29 is 28.6 Å². The van der Waals surface area contributed by atoms with Crippen LogP contribution < -0.4 is 0 Å². The highest BCUT2D eigenvalue weighted by Crippen LogP contribution is 2.11. The molecule has 0 aromatic heterocycles. The first-order valence-corrected chi connectivity index (χ1v) is 24.7. The Hall–Kier alpha value is -4.97. The van der Waals surface area contributed by atoms with E-state index in [4.69, 9.17) is 14.2 Å². The van der Waals surface area contributed by atoms with Crippen molar-refractivity contribution in [3.8, 4) is 0 Å². The van der Waals surface area contributed by atoms with Gasteiger partial charge in [-0.2, -0.15) is 0 Å². The van der Waals surface area contributed by atoms with E-state index in [1.165, 1.54) is 32.1 Å². The number of esters is 3. The molecule has 1 unspecified atom stereocenters. The fraction of sp³-hybridized carbons (Fsp3) is 0.500. The first kappa shape index (κ1) is 59.0. The summed E-state index contributed by atoms with van der Waals surface area (Å²) in [7, 11) is 0. The van der Waals surface area contributed by atoms with E-state index in [9.17, 15) is 14.4 Å². The molecule has 0 spiro atoms. The van der Waals surface area contributed by atoms with Gasteiger partial charge in [-0.25, -0.2) is 0 Å². The fourth-order valence-corrected chi connectivity index (χ4v) is 5.90. The van der Waals surface area contributed by atoms with Gasteiger partial charge in [0, 0.05) is 19.3 Å². The minimum Gasteiger partial charge on any atom is -0.462 e. The van der Waals surface area contributed by atoms with Crippen LogP contribution in [-0.2, 0) is 28.6 Å². The number of carbonyl (C=O) groups excluding carboxylic acids is 3. The second-order valence-corrected chi connectivity index (χ2v) is 15.6. The molecular weight excluding hydrogens is 793 g/mol. The summed E-state index contributed by atoms with van der Waals surface area (Å²) < 4.78 is 16.6. The van der Waals surface area contributed by atoms with Crippen molar-refractivity contribution in [2.75, 3.05) is 13.2 Å². The van der Waals surface area contributed by atoms with Crippen molar-refractivity contribution >= 4 is 17.9 Å². The third kappa shape index (κ3) is 48.1. The molecule has 0 fully saturated rings. The standard InChI is InChI=1S/C58H86O6/c1-4-7-10-13-16-19-22-25-27-28-29-31-33-36-39-42-45-48-51-57(60)63-54-55(53-62-56(59)50-47-44-41-38-35-32-24-21-18-15-12-9-6-3)64-58(61)52-49-46-43-40-37-34-30-26-23-20-17-14-11-8-5-2/h8-9,11-12,14-15,17-18,20-32,34-35,37-38,41,55H,4-7,10,13,16,19,33,36,39-40,42-54H2,1-3H3/b11-8-,12-9-,17-14-,18-15-,23-20-,24-21-,25-22-,28-27-,30-26-,31-29-,35-32-,37-34-,41-38-. The van der Waals surface area contributed by atoms with Crippen LogP contribution in [0, 0.1) is 0 Å². The molecule has 0 saturated heterocycles. The van der Waals surface area contributed by atoms with Gasteiger partial charge in [0.25, 0.3) is 0 Å². The van der Waals surface area contributed by atoms with Crippen LogP contribution in [0.2, 0.25) is 0 Å². The molecule has 0 rings (SSSR count). The minimum absolute atomic E-state index is 0.137. The Morgan fingerprint density at radius 1 is 0.328 bits per heavy atom. The summed E-state index contributed by atoms with van der Waals surface area (Å²) in [6, 6.07) is 0. The maximum absolute atomic E-state index is 12.8. The topological polar surface area (TPSA) is 78.9 Å². The molecule has 0 N–H and O–H groups in total. The van der Waals surface area contributed by atoms with Gasteiger partial charge in [-0.3, -0.25) is 14.4 Å². The van der Waals surface area contributed by atoms with Gasteiger partial charge in [0.2, 0.25) is 0 Å². The molecule has 0 aliphatic rings. The molecule has 0 aromatic carbocycles. The van der Waals surface area contributed by atoms with Crippen LogP contribution in [-0.4, -0.2) is 37.2 Å². The largest absolute Gasteiger partial charge is 0.462 e. The molecule has 6 nitrogen and oxygen atoms in total. The Kier molecular flexibility index (Phi) is 46.7. The van der Waals surface area contributed by atoms with Crippen LogP contribution in [0.25, 0.3) is 0 Å². The Bertz CT molecular complexity index is 1520. The molecule has 0 amide bonds. The molecule has 64 heavy (non-hydrogen) atoms. The van der Waals surface area contributed by atoms with Gasteiger partial charge < -0.3 is 14.2 Å². The molecule has 354 valence electrons. The predicted molar refractivity (Wildman–Crippen MR) is 274 cm³/mol. The highest BCUT2D eigenvalue weighted by molar-refractivity contribution is 5.71. The number of hydrogen-bond acceptors (Lipinski definition) is 6. The number of hydrogen-bond donors (Lipinski definition) is 0. The lowest BCUT2D eigenvalue weighted by Crippen LogP contribution is -2.30. The Balaban J connectivity index is 4.63. The summed E-state index contributed by atoms with van der Waals surface area (Å²) in [6.45, 7) is 6.18. The maximum atomic E-state index is 12.8. The summed E-state index contributed by atoms with van der Waals surface area (Å²) in [4.78, 5) is 37.9. The van der Waals surface area contributed by atoms with Crippen molar-refractivity contribution in [1.82, 2.24) is 0 Å². The van der Waals surface area contributed by atoms with E-state index in [1.54, 1.807) is 0 Å². The lowest BCUT2D eigenvalue weighted by molar-refractivity contribution is -0.167. The summed E-state index contributed by atoms with van der Waals surface area (Å²) >= 11 is 0. The molecular formula is C58H86O6. The first-order valence-electron chi connectivity index (χ1n) is 24.7. The molecule has 0 aromatic rings. The van der Waals surface area contributed by atoms with Crippen molar-refractivity contribution in [2.24, 2.45) is 0 Å². The molecule has 0 saturated carbocycles. The summed E-state index contributed by atoms with van der Waals surface area (Å²) in [5, 5.41) is 0. The van der Waals surface area contributed by atoms with Crippen LogP contribution in [0.3, 0.4) is 0 Å². The average Bonchev–Trinajstić information content (AvgIpc) is 3.29. The molecule has 6 heteroatoms. The summed E-state index contributed by atoms with van der Waals surface area (Å²) in [6.07, 6.45) is 73.7. The predicted octanol–water partition coefficient (Wildman–Crippen LogP) is 16.2. The molecule has 0 aliphatic carbocycles. The van der Waals surface area contributed by atoms with Crippen LogP contribution in [0.15, 0.2) is 158 Å². The van der Waals surface area contributed by atoms with Gasteiger partial charge in [-0.15, -0.1) is 0 Å². The number of unbranched alkanes of at least 4 members (excludes halogenated alkanes) is 14. The second kappa shape index (κ2) is 50.7. The van der Waals surface area contributed by atoms with Gasteiger partial charge in [-0.05, 0) is 77.0 Å². The maximum Gasteiger partial charge on any atom is 0.306 e. The van der Waals surface area contributed by atoms with E-state index >= 15 is 0 Å². The van der Waals surface area contributed by atoms with Crippen LogP contribution in [0.5, 0.6) is 0 Å². The second-order valence-electron chi connectivity index (χ2n) is 15.6. The van der Waals surface area contributed by atoms with Gasteiger partial charge in [0.05, 0.1) is 0 Å². The third-order valence-corrected chi connectivity index (χ3v) is 9.56. The van der Waals surface area contributed by atoms with Crippen molar-refractivity contribution in [2.45, 2.75) is 175 Å². The fourth-order valence-electron chi connectivity index (χ4n) is 5.90. The third-order valence-electron chi connectivity index (χ3n) is 9.56. The van der Waals surface area contributed by atoms with Crippen LogP contribution in [0.4, 0.5) is 0 Å². The van der Waals surface area contributed by atoms with Gasteiger partial charge in [0.15, 0.2) is 6.10 Å². The lowest BCUT2D eigenvalue weighted by Gasteiger charge is -2.18. The summed E-state index contributed by atoms with van der Waals surface area (Å²) in [5.41, 5.74) is 0. The Morgan fingerprint density at radius 2 is 0.625 bits per heavy atom. The van der Waals surface area contributed by atoms with Crippen LogP contribution in [0.1, 0.15) is 168 Å². The average molecular weight is 879 g/mol. The number of carbonyl (C=O) groups is 3. The Labute approximate surface area is 390 Å². The highest BCUT2D eigenvalue weighted by atomic mass is 16.6. The van der Waals surface area contributed by atoms with E-state index in [0.717, 1.165) is 83.5 Å². The van der Waals surface area contributed by atoms with Gasteiger partial charge in [0.1, 0.15) is 13.2 Å². The first-order chi connectivity index (χ1) is 31.5.